The summed E-state index contributed by atoms with van der Waals surface area (Å²) in [6, 6.07) is 3.98. The van der Waals surface area contributed by atoms with Gasteiger partial charge in [0.25, 0.3) is 0 Å². The molecular formula is C10H7BrOS2. The van der Waals surface area contributed by atoms with Crippen molar-refractivity contribution in [3.63, 3.8) is 0 Å². The molecule has 2 aromatic rings. The number of hydrogen-bond acceptors (Lipinski definition) is 3. The highest BCUT2D eigenvalue weighted by Gasteiger charge is 2.10. The van der Waals surface area contributed by atoms with E-state index in [1.807, 2.05) is 17.5 Å². The smallest absolute Gasteiger partial charge is 0.151 e. The van der Waals surface area contributed by atoms with Crippen LogP contribution < -0.4 is 0 Å². The lowest BCUT2D eigenvalue weighted by Crippen LogP contribution is -1.91. The summed E-state index contributed by atoms with van der Waals surface area (Å²) in [5.41, 5.74) is 1.72. The topological polar surface area (TPSA) is 17.1 Å². The lowest BCUT2D eigenvalue weighted by atomic mass is 10.1. The second-order valence-electron chi connectivity index (χ2n) is 2.87. The molecule has 0 amide bonds. The third-order valence-corrected chi connectivity index (χ3v) is 3.94. The van der Waals surface area contributed by atoms with Crippen molar-refractivity contribution in [1.82, 2.24) is 0 Å². The first kappa shape index (κ1) is 10.2. The summed E-state index contributed by atoms with van der Waals surface area (Å²) >= 11 is 9.37. The summed E-state index contributed by atoms with van der Waals surface area (Å²) in [5.74, 6) is 0. The van der Waals surface area contributed by atoms with E-state index in [0.717, 1.165) is 22.1 Å². The van der Waals surface area contributed by atoms with Gasteiger partial charge in [0.2, 0.25) is 0 Å². The van der Waals surface area contributed by atoms with Gasteiger partial charge in [-0.15, -0.1) is 24.0 Å². The number of thiophene rings is 1. The van der Waals surface area contributed by atoms with Crippen LogP contribution in [0.2, 0.25) is 0 Å². The van der Waals surface area contributed by atoms with Crippen LogP contribution in [0.25, 0.3) is 10.1 Å². The van der Waals surface area contributed by atoms with Gasteiger partial charge in [-0.3, -0.25) is 4.79 Å². The van der Waals surface area contributed by atoms with E-state index < -0.39 is 0 Å². The van der Waals surface area contributed by atoms with Gasteiger partial charge in [-0.05, 0) is 28.5 Å². The molecule has 4 heteroatoms. The highest BCUT2D eigenvalue weighted by molar-refractivity contribution is 9.08. The number of hydrogen-bond donors (Lipinski definition) is 1. The van der Waals surface area contributed by atoms with Gasteiger partial charge in [-0.1, -0.05) is 15.9 Å². The molecule has 1 aromatic heterocycles. The summed E-state index contributed by atoms with van der Waals surface area (Å²) < 4.78 is 1.18. The minimum Gasteiger partial charge on any atom is -0.298 e. The summed E-state index contributed by atoms with van der Waals surface area (Å²) in [6.07, 6.45) is 0.871. The van der Waals surface area contributed by atoms with Crippen LogP contribution in [0.5, 0.6) is 0 Å². The fraction of sp³-hybridized carbons (Fsp3) is 0.100. The lowest BCUT2D eigenvalue weighted by Gasteiger charge is -2.05. The largest absolute Gasteiger partial charge is 0.298 e. The molecule has 0 N–H and O–H groups in total. The van der Waals surface area contributed by atoms with Crippen molar-refractivity contribution < 1.29 is 4.79 Å². The van der Waals surface area contributed by atoms with Crippen molar-refractivity contribution in [2.45, 2.75) is 10.2 Å². The van der Waals surface area contributed by atoms with E-state index in [1.165, 1.54) is 4.70 Å². The van der Waals surface area contributed by atoms with Crippen LogP contribution in [0.4, 0.5) is 0 Å². The van der Waals surface area contributed by atoms with Crippen molar-refractivity contribution in [1.29, 1.82) is 0 Å². The number of aldehydes is 1. The maximum Gasteiger partial charge on any atom is 0.151 e. The van der Waals surface area contributed by atoms with Gasteiger partial charge in [0.1, 0.15) is 0 Å². The molecular weight excluding hydrogens is 280 g/mol. The fourth-order valence-corrected chi connectivity index (χ4v) is 3.32. The Bertz CT molecular complexity index is 490. The van der Waals surface area contributed by atoms with Gasteiger partial charge in [0, 0.05) is 20.5 Å². The molecule has 0 radical (unpaired) electrons. The lowest BCUT2D eigenvalue weighted by molar-refractivity contribution is 0.112. The molecule has 0 aliphatic rings. The summed E-state index contributed by atoms with van der Waals surface area (Å²) in [5, 5.41) is 3.85. The van der Waals surface area contributed by atoms with Crippen molar-refractivity contribution in [3.05, 3.63) is 28.6 Å². The molecule has 0 bridgehead atoms. The first-order valence-corrected chi connectivity index (χ1v) is 6.46. The predicted octanol–water partition coefficient (Wildman–Crippen LogP) is 3.90. The molecule has 0 aliphatic heterocycles. The summed E-state index contributed by atoms with van der Waals surface area (Å²) in [6.45, 7) is 0. The molecule has 14 heavy (non-hydrogen) atoms. The summed E-state index contributed by atoms with van der Waals surface area (Å²) in [7, 11) is 0. The fourth-order valence-electron chi connectivity index (χ4n) is 1.46. The van der Waals surface area contributed by atoms with Crippen LogP contribution in [0.1, 0.15) is 15.9 Å². The average Bonchev–Trinajstić information content (AvgIpc) is 2.62. The zero-order valence-corrected chi connectivity index (χ0v) is 10.5. The van der Waals surface area contributed by atoms with E-state index in [-0.39, 0.29) is 0 Å². The molecule has 1 aromatic carbocycles. The van der Waals surface area contributed by atoms with Crippen LogP contribution >= 0.6 is 39.9 Å². The number of rotatable bonds is 2. The SMILES string of the molecule is O=Cc1c(S)cc2sccc2c1CBr. The maximum absolute atomic E-state index is 10.9. The quantitative estimate of drug-likeness (QED) is 0.503. The molecule has 0 saturated heterocycles. The van der Waals surface area contributed by atoms with E-state index in [1.54, 1.807) is 11.3 Å². The minimum atomic E-state index is 0.683. The highest BCUT2D eigenvalue weighted by Crippen LogP contribution is 2.32. The van der Waals surface area contributed by atoms with Crippen molar-refractivity contribution in [2.24, 2.45) is 0 Å². The van der Waals surface area contributed by atoms with Gasteiger partial charge in [-0.2, -0.15) is 0 Å². The molecule has 1 nitrogen and oxygen atoms in total. The number of fused-ring (bicyclic) bond motifs is 1. The van der Waals surface area contributed by atoms with Crippen LogP contribution in [-0.4, -0.2) is 6.29 Å². The number of carbonyl (C=O) groups is 1. The van der Waals surface area contributed by atoms with Gasteiger partial charge < -0.3 is 0 Å². The second kappa shape index (κ2) is 4.04. The third-order valence-electron chi connectivity index (χ3n) is 2.14. The van der Waals surface area contributed by atoms with Crippen LogP contribution in [0.3, 0.4) is 0 Å². The van der Waals surface area contributed by atoms with Gasteiger partial charge in [-0.25, -0.2) is 0 Å². The molecule has 0 fully saturated rings. The molecule has 1 heterocycles. The molecule has 0 atom stereocenters. The van der Waals surface area contributed by atoms with E-state index in [9.17, 15) is 4.79 Å². The molecule has 0 spiro atoms. The van der Waals surface area contributed by atoms with Gasteiger partial charge in [0.05, 0.1) is 0 Å². The number of alkyl halides is 1. The Kier molecular flexibility index (Phi) is 2.95. The Balaban J connectivity index is 2.88. The monoisotopic (exact) mass is 286 g/mol. The second-order valence-corrected chi connectivity index (χ2v) is 4.86. The Labute approximate surface area is 99.7 Å². The average molecular weight is 287 g/mol. The van der Waals surface area contributed by atoms with Gasteiger partial charge in [0.15, 0.2) is 6.29 Å². The van der Waals surface area contributed by atoms with Gasteiger partial charge >= 0.3 is 0 Å². The first-order chi connectivity index (χ1) is 6.77. The molecule has 72 valence electrons. The predicted molar refractivity (Wildman–Crippen MR) is 67.1 cm³/mol. The van der Waals surface area contributed by atoms with E-state index in [0.29, 0.717) is 10.9 Å². The molecule has 2 rings (SSSR count). The zero-order valence-electron chi connectivity index (χ0n) is 7.16. The summed E-state index contributed by atoms with van der Waals surface area (Å²) in [4.78, 5) is 11.7. The number of benzene rings is 1. The Morgan fingerprint density at radius 2 is 2.36 bits per heavy atom. The number of halogens is 1. The van der Waals surface area contributed by atoms with Crippen molar-refractivity contribution in [3.8, 4) is 0 Å². The van der Waals surface area contributed by atoms with Crippen molar-refractivity contribution >= 4 is 56.3 Å². The molecule has 0 saturated carbocycles. The van der Waals surface area contributed by atoms with E-state index in [2.05, 4.69) is 28.6 Å². The standard InChI is InChI=1S/C10H7BrOS2/c11-4-7-6-1-2-14-10(6)3-9(13)8(7)5-12/h1-3,5,13H,4H2. The Morgan fingerprint density at radius 3 is 3.00 bits per heavy atom. The van der Waals surface area contributed by atoms with Crippen molar-refractivity contribution in [2.75, 3.05) is 0 Å². The Morgan fingerprint density at radius 1 is 1.57 bits per heavy atom. The van der Waals surface area contributed by atoms with Crippen LogP contribution in [-0.2, 0) is 5.33 Å². The Hall–Kier alpha value is -0.320. The number of carbonyl (C=O) groups excluding carboxylic acids is 1. The van der Waals surface area contributed by atoms with E-state index in [4.69, 9.17) is 0 Å². The molecule has 0 unspecified atom stereocenters. The first-order valence-electron chi connectivity index (χ1n) is 4.01. The maximum atomic E-state index is 10.9. The van der Waals surface area contributed by atoms with E-state index >= 15 is 0 Å². The minimum absolute atomic E-state index is 0.683. The number of thiol groups is 1. The zero-order chi connectivity index (χ0) is 10.1. The van der Waals surface area contributed by atoms with Crippen LogP contribution in [0.15, 0.2) is 22.4 Å². The normalized spacial score (nSPS) is 10.7. The third kappa shape index (κ3) is 1.51. The van der Waals surface area contributed by atoms with Crippen LogP contribution in [0, 0.1) is 0 Å². The highest BCUT2D eigenvalue weighted by atomic mass is 79.9. The molecule has 0 aliphatic carbocycles.